The fourth-order valence-electron chi connectivity index (χ4n) is 4.37. The number of ketones is 1. The van der Waals surface area contributed by atoms with Crippen LogP contribution in [-0.2, 0) is 6.42 Å². The zero-order valence-corrected chi connectivity index (χ0v) is 17.5. The number of carbonyl (C=O) groups is 1. The molecule has 0 amide bonds. The highest BCUT2D eigenvalue weighted by Crippen LogP contribution is 2.38. The molecule has 5 heteroatoms. The summed E-state index contributed by atoms with van der Waals surface area (Å²) in [6.45, 7) is 5.68. The van der Waals surface area contributed by atoms with E-state index in [1.54, 1.807) is 12.1 Å². The highest BCUT2D eigenvalue weighted by Gasteiger charge is 2.34. The Hall–Kier alpha value is -0.610. The lowest BCUT2D eigenvalue weighted by atomic mass is 9.90. The summed E-state index contributed by atoms with van der Waals surface area (Å²) in [7, 11) is 0. The number of hydrogen-bond acceptors (Lipinski definition) is 3. The van der Waals surface area contributed by atoms with Gasteiger partial charge in [0.25, 0.3) is 0 Å². The summed E-state index contributed by atoms with van der Waals surface area (Å²) in [4.78, 5) is 12.7. The Morgan fingerprint density at radius 3 is 2.54 bits per heavy atom. The minimum atomic E-state index is -0.644. The molecular weight excluding hydrogens is 369 g/mol. The Kier molecular flexibility index (Phi) is 7.55. The molecule has 3 N–H and O–H groups in total. The third kappa shape index (κ3) is 5.69. The average Bonchev–Trinajstić information content (AvgIpc) is 2.86. The van der Waals surface area contributed by atoms with Crippen molar-refractivity contribution in [1.82, 2.24) is 0 Å². The van der Waals surface area contributed by atoms with E-state index in [-0.39, 0.29) is 11.8 Å². The zero-order valence-electron chi connectivity index (χ0n) is 16.0. The average molecular weight is 400 g/mol. The summed E-state index contributed by atoms with van der Waals surface area (Å²) in [6, 6.07) is 3.61. The molecule has 1 aliphatic rings. The van der Waals surface area contributed by atoms with E-state index in [0.717, 1.165) is 37.7 Å². The highest BCUT2D eigenvalue weighted by molar-refractivity contribution is 6.36. The smallest absolute Gasteiger partial charge is 0.164 e. The molecule has 3 atom stereocenters. The molecule has 0 aromatic heterocycles. The van der Waals surface area contributed by atoms with E-state index < -0.39 is 5.60 Å². The molecule has 0 bridgehead atoms. The monoisotopic (exact) mass is 399 g/mol. The molecule has 1 fully saturated rings. The molecule has 3 nitrogen and oxygen atoms in total. The lowest BCUT2D eigenvalue weighted by Crippen LogP contribution is -2.25. The molecule has 0 heterocycles. The van der Waals surface area contributed by atoms with Crippen LogP contribution in [0.4, 0.5) is 0 Å². The van der Waals surface area contributed by atoms with Gasteiger partial charge in [0, 0.05) is 23.0 Å². The van der Waals surface area contributed by atoms with Crippen molar-refractivity contribution in [3.8, 4) is 0 Å². The minimum absolute atomic E-state index is 0.0639. The van der Waals surface area contributed by atoms with Gasteiger partial charge in [-0.15, -0.1) is 0 Å². The Morgan fingerprint density at radius 1 is 1.27 bits per heavy atom. The van der Waals surface area contributed by atoms with Crippen LogP contribution in [0.3, 0.4) is 0 Å². The second-order valence-corrected chi connectivity index (χ2v) is 9.14. The summed E-state index contributed by atoms with van der Waals surface area (Å²) in [5, 5.41) is 11.1. The van der Waals surface area contributed by atoms with Gasteiger partial charge >= 0.3 is 0 Å². The van der Waals surface area contributed by atoms with Crippen LogP contribution < -0.4 is 5.73 Å². The summed E-state index contributed by atoms with van der Waals surface area (Å²) in [5.41, 5.74) is 7.08. The largest absolute Gasteiger partial charge is 0.390 e. The third-order valence-electron chi connectivity index (χ3n) is 5.45. The van der Waals surface area contributed by atoms with Crippen molar-refractivity contribution in [1.29, 1.82) is 0 Å². The highest BCUT2D eigenvalue weighted by atomic mass is 35.5. The van der Waals surface area contributed by atoms with E-state index in [0.29, 0.717) is 40.3 Å². The van der Waals surface area contributed by atoms with Crippen molar-refractivity contribution in [3.05, 3.63) is 33.3 Å². The predicted octanol–water partition coefficient (Wildman–Crippen LogP) is 5.42. The quantitative estimate of drug-likeness (QED) is 0.573. The van der Waals surface area contributed by atoms with Crippen LogP contribution in [0.15, 0.2) is 12.1 Å². The standard InChI is InChI=1S/C21H31Cl2NO2/c1-4-15-16(22)8-9-17(23)20(15)19(25)7-5-6-14-10-13(11-18(14)24)12-21(2,3)26/h8-9,13-14,18,26H,4-7,10-12,24H2,1-3H3/t13-,14?,18?/m0/s1. The van der Waals surface area contributed by atoms with Gasteiger partial charge in [-0.25, -0.2) is 0 Å². The van der Waals surface area contributed by atoms with Crippen molar-refractivity contribution in [3.63, 3.8) is 0 Å². The van der Waals surface area contributed by atoms with Crippen molar-refractivity contribution < 1.29 is 9.90 Å². The molecule has 1 aromatic rings. The van der Waals surface area contributed by atoms with E-state index >= 15 is 0 Å². The van der Waals surface area contributed by atoms with Crippen LogP contribution in [0.2, 0.25) is 10.0 Å². The Morgan fingerprint density at radius 2 is 1.92 bits per heavy atom. The summed E-state index contributed by atoms with van der Waals surface area (Å²) >= 11 is 12.5. The molecule has 26 heavy (non-hydrogen) atoms. The fourth-order valence-corrected chi connectivity index (χ4v) is 4.95. The van der Waals surface area contributed by atoms with Gasteiger partial charge in [0.1, 0.15) is 0 Å². The minimum Gasteiger partial charge on any atom is -0.390 e. The maximum atomic E-state index is 12.7. The first-order valence-corrected chi connectivity index (χ1v) is 10.4. The van der Waals surface area contributed by atoms with Gasteiger partial charge in [-0.1, -0.05) is 30.1 Å². The second kappa shape index (κ2) is 9.05. The maximum absolute atomic E-state index is 12.7. The fraction of sp³-hybridized carbons (Fsp3) is 0.667. The Labute approximate surface area is 167 Å². The number of aliphatic hydroxyl groups is 1. The van der Waals surface area contributed by atoms with Gasteiger partial charge in [0.05, 0.1) is 10.6 Å². The van der Waals surface area contributed by atoms with Gasteiger partial charge in [0.15, 0.2) is 5.78 Å². The molecule has 0 spiro atoms. The SMILES string of the molecule is CCc1c(Cl)ccc(Cl)c1C(=O)CCCC1C[C@H](CC(C)(C)O)CC1N. The molecule has 1 aromatic carbocycles. The normalized spacial score (nSPS) is 23.4. The maximum Gasteiger partial charge on any atom is 0.164 e. The Bertz CT molecular complexity index is 640. The van der Waals surface area contributed by atoms with Crippen molar-refractivity contribution >= 4 is 29.0 Å². The molecule has 0 radical (unpaired) electrons. The number of hydrogen-bond donors (Lipinski definition) is 2. The summed E-state index contributed by atoms with van der Waals surface area (Å²) < 4.78 is 0. The van der Waals surface area contributed by atoms with Crippen molar-refractivity contribution in [2.24, 2.45) is 17.6 Å². The topological polar surface area (TPSA) is 63.3 Å². The predicted molar refractivity (Wildman–Crippen MR) is 109 cm³/mol. The van der Waals surface area contributed by atoms with Crippen LogP contribution in [0.5, 0.6) is 0 Å². The van der Waals surface area contributed by atoms with Crippen molar-refractivity contribution in [2.75, 3.05) is 0 Å². The molecule has 2 unspecified atom stereocenters. The lowest BCUT2D eigenvalue weighted by molar-refractivity contribution is 0.0527. The second-order valence-electron chi connectivity index (χ2n) is 8.33. The number of benzene rings is 1. The van der Waals surface area contributed by atoms with E-state index in [2.05, 4.69) is 0 Å². The van der Waals surface area contributed by atoms with E-state index in [4.69, 9.17) is 28.9 Å². The first-order valence-electron chi connectivity index (χ1n) is 9.60. The van der Waals surface area contributed by atoms with E-state index in [1.165, 1.54) is 0 Å². The van der Waals surface area contributed by atoms with Gasteiger partial charge in [-0.05, 0) is 81.9 Å². The van der Waals surface area contributed by atoms with Gasteiger partial charge in [-0.2, -0.15) is 0 Å². The molecular formula is C21H31Cl2NO2. The molecule has 1 aliphatic carbocycles. The molecule has 0 aliphatic heterocycles. The first kappa shape index (κ1) is 21.7. The van der Waals surface area contributed by atoms with Crippen LogP contribution in [-0.4, -0.2) is 22.5 Å². The third-order valence-corrected chi connectivity index (χ3v) is 6.12. The van der Waals surface area contributed by atoms with Crippen LogP contribution >= 0.6 is 23.2 Å². The van der Waals surface area contributed by atoms with Crippen LogP contribution in [0, 0.1) is 11.8 Å². The number of nitrogens with two attached hydrogens (primary N) is 1. The van der Waals surface area contributed by atoms with Gasteiger partial charge in [0.2, 0.25) is 0 Å². The molecule has 2 rings (SSSR count). The zero-order chi connectivity index (χ0) is 19.5. The van der Waals surface area contributed by atoms with Gasteiger partial charge < -0.3 is 10.8 Å². The number of Topliss-reactive ketones (excluding diaryl/α,β-unsaturated/α-hetero) is 1. The summed E-state index contributed by atoms with van der Waals surface area (Å²) in [6.07, 6.45) is 5.68. The lowest BCUT2D eigenvalue weighted by Gasteiger charge is -2.21. The van der Waals surface area contributed by atoms with Crippen LogP contribution in [0.1, 0.15) is 75.2 Å². The van der Waals surface area contributed by atoms with E-state index in [9.17, 15) is 9.90 Å². The molecule has 0 saturated heterocycles. The number of halogens is 2. The van der Waals surface area contributed by atoms with Crippen molar-refractivity contribution in [2.45, 2.75) is 77.4 Å². The Balaban J connectivity index is 1.91. The first-order chi connectivity index (χ1) is 12.1. The van der Waals surface area contributed by atoms with Crippen LogP contribution in [0.25, 0.3) is 0 Å². The molecule has 146 valence electrons. The molecule has 1 saturated carbocycles. The number of rotatable bonds is 8. The summed E-state index contributed by atoms with van der Waals surface area (Å²) in [5.74, 6) is 0.962. The number of carbonyl (C=O) groups excluding carboxylic acids is 1. The van der Waals surface area contributed by atoms with E-state index in [1.807, 2.05) is 20.8 Å². The van der Waals surface area contributed by atoms with Gasteiger partial charge in [-0.3, -0.25) is 4.79 Å².